The number of likely N-dealkylation sites (tertiary alicyclic amines) is 1. The largest absolute Gasteiger partial charge is 0.401 e. The van der Waals surface area contributed by atoms with Crippen molar-refractivity contribution >= 4 is 11.6 Å². The number of fused-ring (bicyclic) bond motifs is 1. The third-order valence-electron chi connectivity index (χ3n) is 5.38. The Morgan fingerprint density at radius 2 is 1.88 bits per heavy atom. The second-order valence-electron chi connectivity index (χ2n) is 6.99. The number of aromatic nitrogens is 2. The van der Waals surface area contributed by atoms with Gasteiger partial charge in [-0.3, -0.25) is 4.90 Å². The minimum atomic E-state index is -4.10. The molecule has 0 spiro atoms. The van der Waals surface area contributed by atoms with E-state index in [-0.39, 0.29) is 0 Å². The van der Waals surface area contributed by atoms with Gasteiger partial charge in [0.25, 0.3) is 0 Å². The van der Waals surface area contributed by atoms with Crippen molar-refractivity contribution in [3.8, 4) is 0 Å². The van der Waals surface area contributed by atoms with E-state index in [9.17, 15) is 13.2 Å². The first-order valence-electron chi connectivity index (χ1n) is 8.29. The number of nitrogens with one attached hydrogen (secondary N) is 1. The van der Waals surface area contributed by atoms with Crippen LogP contribution in [0.3, 0.4) is 0 Å². The van der Waals surface area contributed by atoms with E-state index in [1.54, 1.807) is 11.2 Å². The maximum absolute atomic E-state index is 12.6. The molecule has 134 valence electrons. The van der Waals surface area contributed by atoms with Gasteiger partial charge < -0.3 is 10.2 Å². The summed E-state index contributed by atoms with van der Waals surface area (Å²) in [6.07, 6.45) is -0.705. The summed E-state index contributed by atoms with van der Waals surface area (Å²) in [5.41, 5.74) is 0.998. The van der Waals surface area contributed by atoms with Crippen LogP contribution in [-0.2, 0) is 0 Å². The normalized spacial score (nSPS) is 27.3. The van der Waals surface area contributed by atoms with Crippen molar-refractivity contribution < 1.29 is 13.2 Å². The molecule has 1 aliphatic carbocycles. The number of rotatable bonds is 4. The summed E-state index contributed by atoms with van der Waals surface area (Å²) in [5.74, 6) is 2.41. The van der Waals surface area contributed by atoms with E-state index in [0.717, 1.165) is 30.0 Å². The summed E-state index contributed by atoms with van der Waals surface area (Å²) in [7, 11) is 3.85. The molecule has 0 aromatic carbocycles. The number of hydrogen-bond donors (Lipinski definition) is 1. The van der Waals surface area contributed by atoms with Crippen LogP contribution in [0.4, 0.5) is 24.8 Å². The second kappa shape index (κ2) is 6.38. The topological polar surface area (TPSA) is 44.3 Å². The molecule has 0 radical (unpaired) electrons. The second-order valence-corrected chi connectivity index (χ2v) is 6.99. The average Bonchev–Trinajstić information content (AvgIpc) is 3.03. The summed E-state index contributed by atoms with van der Waals surface area (Å²) in [6.45, 7) is 2.31. The van der Waals surface area contributed by atoms with E-state index in [0.29, 0.717) is 31.0 Å². The Hall–Kier alpha value is -1.57. The van der Waals surface area contributed by atoms with Crippen molar-refractivity contribution in [1.82, 2.24) is 14.9 Å². The maximum atomic E-state index is 12.6. The number of halogens is 3. The third kappa shape index (κ3) is 3.43. The summed E-state index contributed by atoms with van der Waals surface area (Å²) in [6, 6.07) is 0.325. The van der Waals surface area contributed by atoms with Crippen LogP contribution in [0.15, 0.2) is 6.33 Å². The van der Waals surface area contributed by atoms with Gasteiger partial charge in [0.1, 0.15) is 18.0 Å². The van der Waals surface area contributed by atoms with Gasteiger partial charge in [0.2, 0.25) is 0 Å². The predicted molar refractivity (Wildman–Crippen MR) is 87.2 cm³/mol. The molecular formula is C16H24F3N5. The van der Waals surface area contributed by atoms with Crippen LogP contribution in [0, 0.1) is 18.8 Å². The Morgan fingerprint density at radius 3 is 2.42 bits per heavy atom. The quantitative estimate of drug-likeness (QED) is 0.910. The molecule has 2 fully saturated rings. The molecule has 2 heterocycles. The van der Waals surface area contributed by atoms with Gasteiger partial charge in [0.05, 0.1) is 6.54 Å². The number of nitrogens with zero attached hydrogens (tertiary/aromatic N) is 4. The maximum Gasteiger partial charge on any atom is 0.401 e. The molecule has 1 aromatic rings. The smallest absolute Gasteiger partial charge is 0.373 e. The van der Waals surface area contributed by atoms with Crippen molar-refractivity contribution in [2.45, 2.75) is 32.0 Å². The zero-order valence-corrected chi connectivity index (χ0v) is 14.3. The monoisotopic (exact) mass is 343 g/mol. The van der Waals surface area contributed by atoms with E-state index in [1.807, 2.05) is 21.0 Å². The first-order valence-corrected chi connectivity index (χ1v) is 8.29. The number of alkyl halides is 3. The Labute approximate surface area is 140 Å². The Bertz CT molecular complexity index is 578. The fourth-order valence-electron chi connectivity index (χ4n) is 4.29. The highest BCUT2D eigenvalue weighted by atomic mass is 19.4. The van der Waals surface area contributed by atoms with Crippen LogP contribution in [0.25, 0.3) is 0 Å². The standard InChI is InChI=1S/C16H24F3N5/c1-10-14(20-2)21-9-22-15(10)23(3)13-4-11-6-24(7-12(11)5-13)8-16(17,18)19/h9,11-13H,4-8H2,1-3H3,(H,20,21,22). The van der Waals surface area contributed by atoms with E-state index in [4.69, 9.17) is 0 Å². The van der Waals surface area contributed by atoms with Crippen molar-refractivity contribution in [2.24, 2.45) is 11.8 Å². The van der Waals surface area contributed by atoms with Crippen molar-refractivity contribution in [2.75, 3.05) is 43.9 Å². The first kappa shape index (κ1) is 17.3. The molecule has 1 N–H and O–H groups in total. The van der Waals surface area contributed by atoms with Gasteiger partial charge in [-0.15, -0.1) is 0 Å². The van der Waals surface area contributed by atoms with Crippen LogP contribution in [-0.4, -0.2) is 60.8 Å². The molecule has 0 bridgehead atoms. The van der Waals surface area contributed by atoms with Crippen molar-refractivity contribution in [3.05, 3.63) is 11.9 Å². The molecule has 1 aliphatic heterocycles. The number of anilines is 2. The molecule has 1 saturated carbocycles. The molecule has 8 heteroatoms. The Kier molecular flexibility index (Phi) is 4.59. The van der Waals surface area contributed by atoms with Crippen molar-refractivity contribution in [3.63, 3.8) is 0 Å². The van der Waals surface area contributed by atoms with Gasteiger partial charge in [0.15, 0.2) is 0 Å². The fraction of sp³-hybridized carbons (Fsp3) is 0.750. The van der Waals surface area contributed by atoms with Gasteiger partial charge in [-0.2, -0.15) is 13.2 Å². The fourth-order valence-corrected chi connectivity index (χ4v) is 4.29. The molecule has 24 heavy (non-hydrogen) atoms. The van der Waals surface area contributed by atoms with Crippen molar-refractivity contribution in [1.29, 1.82) is 0 Å². The van der Waals surface area contributed by atoms with E-state index < -0.39 is 12.7 Å². The third-order valence-corrected chi connectivity index (χ3v) is 5.38. The highest BCUT2D eigenvalue weighted by Gasteiger charge is 2.45. The predicted octanol–water partition coefficient (Wildman–Crippen LogP) is 2.54. The lowest BCUT2D eigenvalue weighted by atomic mass is 10.0. The van der Waals surface area contributed by atoms with Gasteiger partial charge in [-0.05, 0) is 31.6 Å². The van der Waals surface area contributed by atoms with E-state index >= 15 is 0 Å². The van der Waals surface area contributed by atoms with Crippen LogP contribution >= 0.6 is 0 Å². The molecule has 2 aliphatic rings. The Morgan fingerprint density at radius 1 is 1.25 bits per heavy atom. The average molecular weight is 343 g/mol. The molecule has 1 aromatic heterocycles. The Balaban J connectivity index is 1.64. The summed E-state index contributed by atoms with van der Waals surface area (Å²) >= 11 is 0. The minimum absolute atomic E-state index is 0.325. The SMILES string of the molecule is CNc1ncnc(N(C)C2CC3CN(CC(F)(F)F)CC3C2)c1C. The van der Waals surface area contributed by atoms with Crippen LogP contribution in [0.2, 0.25) is 0 Å². The van der Waals surface area contributed by atoms with Crippen LogP contribution in [0.1, 0.15) is 18.4 Å². The molecular weight excluding hydrogens is 319 g/mol. The van der Waals surface area contributed by atoms with Crippen LogP contribution < -0.4 is 10.2 Å². The number of hydrogen-bond acceptors (Lipinski definition) is 5. The first-order chi connectivity index (χ1) is 11.3. The van der Waals surface area contributed by atoms with E-state index in [2.05, 4.69) is 20.2 Å². The van der Waals surface area contributed by atoms with E-state index in [1.165, 1.54) is 0 Å². The summed E-state index contributed by atoms with van der Waals surface area (Å²) in [5, 5.41) is 3.06. The zero-order chi connectivity index (χ0) is 17.5. The zero-order valence-electron chi connectivity index (χ0n) is 14.3. The molecule has 3 rings (SSSR count). The lowest BCUT2D eigenvalue weighted by Gasteiger charge is -2.29. The molecule has 1 saturated heterocycles. The molecule has 0 amide bonds. The summed E-state index contributed by atoms with van der Waals surface area (Å²) < 4.78 is 37.7. The molecule has 2 atom stereocenters. The van der Waals surface area contributed by atoms with Gasteiger partial charge in [-0.25, -0.2) is 9.97 Å². The molecule has 2 unspecified atom stereocenters. The minimum Gasteiger partial charge on any atom is -0.373 e. The highest BCUT2D eigenvalue weighted by molar-refractivity contribution is 5.57. The highest BCUT2D eigenvalue weighted by Crippen LogP contribution is 2.41. The van der Waals surface area contributed by atoms with Gasteiger partial charge in [-0.1, -0.05) is 0 Å². The van der Waals surface area contributed by atoms with Crippen LogP contribution in [0.5, 0.6) is 0 Å². The van der Waals surface area contributed by atoms with Gasteiger partial charge >= 0.3 is 6.18 Å². The lowest BCUT2D eigenvalue weighted by molar-refractivity contribution is -0.144. The molecule has 5 nitrogen and oxygen atoms in total. The van der Waals surface area contributed by atoms with Gasteiger partial charge in [0, 0.05) is 38.8 Å². The lowest BCUT2D eigenvalue weighted by Crippen LogP contribution is -2.36. The summed E-state index contributed by atoms with van der Waals surface area (Å²) in [4.78, 5) is 12.3.